The number of hydrogen-bond donors (Lipinski definition) is 3. The third kappa shape index (κ3) is 5.48. The second-order valence-electron chi connectivity index (χ2n) is 5.46. The van der Waals surface area contributed by atoms with E-state index in [0.717, 1.165) is 31.4 Å². The fourth-order valence-corrected chi connectivity index (χ4v) is 2.79. The summed E-state index contributed by atoms with van der Waals surface area (Å²) in [5, 5.41) is 13.8. The molecule has 0 saturated heterocycles. The van der Waals surface area contributed by atoms with Crippen molar-refractivity contribution in [2.45, 2.75) is 37.7 Å². The van der Waals surface area contributed by atoms with E-state index in [-0.39, 0.29) is 29.9 Å². The molecule has 4 N–H and O–H groups in total. The maximum Gasteiger partial charge on any atom is 0.193 e. The van der Waals surface area contributed by atoms with E-state index < -0.39 is 5.60 Å². The Labute approximate surface area is 153 Å². The lowest BCUT2D eigenvalue weighted by Crippen LogP contribution is -2.36. The molecule has 1 fully saturated rings. The monoisotopic (exact) mass is 439 g/mol. The Kier molecular flexibility index (Phi) is 7.71. The average Bonchev–Trinajstić information content (AvgIpc) is 2.46. The van der Waals surface area contributed by atoms with E-state index in [2.05, 4.69) is 10.3 Å². The van der Waals surface area contributed by atoms with E-state index in [0.29, 0.717) is 17.3 Å². The fourth-order valence-electron chi connectivity index (χ4n) is 2.53. The Morgan fingerprint density at radius 1 is 1.41 bits per heavy atom. The highest BCUT2D eigenvalue weighted by Crippen LogP contribution is 2.29. The number of anilines is 1. The summed E-state index contributed by atoms with van der Waals surface area (Å²) in [6.07, 6.45) is 4.86. The lowest BCUT2D eigenvalue weighted by atomic mass is 9.85. The molecule has 1 aliphatic rings. The molecular formula is C15H23ClIN3O2. The zero-order valence-corrected chi connectivity index (χ0v) is 15.7. The molecule has 0 bridgehead atoms. The van der Waals surface area contributed by atoms with Crippen molar-refractivity contribution in [1.82, 2.24) is 0 Å². The van der Waals surface area contributed by atoms with Gasteiger partial charge in [-0.2, -0.15) is 0 Å². The first-order valence-corrected chi connectivity index (χ1v) is 7.53. The number of nitrogens with two attached hydrogens (primary N) is 1. The summed E-state index contributed by atoms with van der Waals surface area (Å²) in [6, 6.07) is 5.28. The van der Waals surface area contributed by atoms with Crippen LogP contribution in [0.3, 0.4) is 0 Å². The Bertz CT molecular complexity index is 520. The van der Waals surface area contributed by atoms with Crippen molar-refractivity contribution in [3.8, 4) is 5.75 Å². The highest BCUT2D eigenvalue weighted by Gasteiger charge is 2.28. The van der Waals surface area contributed by atoms with E-state index in [9.17, 15) is 5.11 Å². The van der Waals surface area contributed by atoms with Crippen LogP contribution in [0.2, 0.25) is 5.02 Å². The summed E-state index contributed by atoms with van der Waals surface area (Å²) in [5.74, 6) is 0.879. The van der Waals surface area contributed by atoms with E-state index in [1.54, 1.807) is 19.2 Å². The number of aliphatic hydroxyl groups is 1. The predicted octanol–water partition coefficient (Wildman–Crippen LogP) is 3.39. The molecule has 7 heteroatoms. The van der Waals surface area contributed by atoms with Gasteiger partial charge in [-0.05, 0) is 31.0 Å². The molecule has 22 heavy (non-hydrogen) atoms. The van der Waals surface area contributed by atoms with Crippen LogP contribution in [0.25, 0.3) is 0 Å². The van der Waals surface area contributed by atoms with Crippen molar-refractivity contribution >= 4 is 47.2 Å². The zero-order chi connectivity index (χ0) is 15.3. The van der Waals surface area contributed by atoms with Gasteiger partial charge in [-0.3, -0.25) is 4.99 Å². The van der Waals surface area contributed by atoms with Crippen LogP contribution >= 0.6 is 35.6 Å². The normalized spacial score (nSPS) is 17.5. The second kappa shape index (κ2) is 8.79. The van der Waals surface area contributed by atoms with Crippen LogP contribution in [-0.2, 0) is 0 Å². The van der Waals surface area contributed by atoms with Gasteiger partial charge >= 0.3 is 0 Å². The van der Waals surface area contributed by atoms with Crippen molar-refractivity contribution in [2.24, 2.45) is 10.7 Å². The third-order valence-electron chi connectivity index (χ3n) is 3.75. The molecule has 0 spiro atoms. The number of aliphatic imine (C=N–C) groups is 1. The maximum atomic E-state index is 10.4. The minimum Gasteiger partial charge on any atom is -0.495 e. The molecule has 124 valence electrons. The molecule has 0 heterocycles. The highest BCUT2D eigenvalue weighted by molar-refractivity contribution is 14.0. The van der Waals surface area contributed by atoms with Crippen molar-refractivity contribution in [3.63, 3.8) is 0 Å². The Balaban J connectivity index is 0.00000242. The molecule has 0 aromatic heterocycles. The lowest BCUT2D eigenvalue weighted by molar-refractivity contribution is 0.0132. The number of benzene rings is 1. The molecule has 0 aliphatic heterocycles. The standard InChI is InChI=1S/C15H22ClN3O2.HI/c1-21-13-6-5-11(9-12(13)16)19-14(17)18-10-15(20)7-3-2-4-8-15;/h5-6,9,20H,2-4,7-8,10H2,1H3,(H3,17,18,19);1H. The van der Waals surface area contributed by atoms with Gasteiger partial charge in [0.1, 0.15) is 5.75 Å². The van der Waals surface area contributed by atoms with Crippen LogP contribution < -0.4 is 15.8 Å². The molecule has 0 amide bonds. The molecular weight excluding hydrogens is 417 g/mol. The number of hydrogen-bond acceptors (Lipinski definition) is 3. The molecule has 1 saturated carbocycles. The van der Waals surface area contributed by atoms with E-state index in [4.69, 9.17) is 22.1 Å². The summed E-state index contributed by atoms with van der Waals surface area (Å²) in [6.45, 7) is 0.329. The Morgan fingerprint density at radius 3 is 2.68 bits per heavy atom. The number of ether oxygens (including phenoxy) is 1. The minimum atomic E-state index is -0.706. The number of nitrogens with zero attached hydrogens (tertiary/aromatic N) is 1. The third-order valence-corrected chi connectivity index (χ3v) is 4.05. The predicted molar refractivity (Wildman–Crippen MR) is 102 cm³/mol. The summed E-state index contributed by atoms with van der Waals surface area (Å²) in [5.41, 5.74) is 5.88. The first-order chi connectivity index (χ1) is 10.0. The number of methoxy groups -OCH3 is 1. The molecule has 2 rings (SSSR count). The molecule has 0 atom stereocenters. The van der Waals surface area contributed by atoms with Gasteiger partial charge in [0.25, 0.3) is 0 Å². The highest BCUT2D eigenvalue weighted by atomic mass is 127. The molecule has 0 radical (unpaired) electrons. The number of halogens is 2. The van der Waals surface area contributed by atoms with Gasteiger partial charge in [0.05, 0.1) is 24.3 Å². The summed E-state index contributed by atoms with van der Waals surface area (Å²) < 4.78 is 5.09. The number of guanidine groups is 1. The Hall–Kier alpha value is -0.730. The van der Waals surface area contributed by atoms with Crippen LogP contribution in [0.4, 0.5) is 5.69 Å². The first kappa shape index (κ1) is 19.3. The van der Waals surface area contributed by atoms with Crippen LogP contribution in [0.5, 0.6) is 5.75 Å². The van der Waals surface area contributed by atoms with Crippen LogP contribution in [-0.4, -0.2) is 30.3 Å². The largest absolute Gasteiger partial charge is 0.495 e. The van der Waals surface area contributed by atoms with E-state index in [1.165, 1.54) is 6.42 Å². The van der Waals surface area contributed by atoms with Gasteiger partial charge in [0.15, 0.2) is 5.96 Å². The van der Waals surface area contributed by atoms with Gasteiger partial charge in [-0.1, -0.05) is 30.9 Å². The van der Waals surface area contributed by atoms with Crippen LogP contribution in [0.15, 0.2) is 23.2 Å². The zero-order valence-electron chi connectivity index (χ0n) is 12.6. The first-order valence-electron chi connectivity index (χ1n) is 7.15. The fraction of sp³-hybridized carbons (Fsp3) is 0.533. The van der Waals surface area contributed by atoms with Gasteiger partial charge in [0.2, 0.25) is 0 Å². The molecule has 0 unspecified atom stereocenters. The van der Waals surface area contributed by atoms with Gasteiger partial charge < -0.3 is 20.9 Å². The quantitative estimate of drug-likeness (QED) is 0.382. The van der Waals surface area contributed by atoms with Gasteiger partial charge in [0, 0.05) is 5.69 Å². The summed E-state index contributed by atoms with van der Waals surface area (Å²) in [7, 11) is 1.56. The Morgan fingerprint density at radius 2 is 2.09 bits per heavy atom. The van der Waals surface area contributed by atoms with E-state index >= 15 is 0 Å². The maximum absolute atomic E-state index is 10.4. The summed E-state index contributed by atoms with van der Waals surface area (Å²) in [4.78, 5) is 4.25. The van der Waals surface area contributed by atoms with Gasteiger partial charge in [-0.15, -0.1) is 24.0 Å². The molecule has 1 aliphatic carbocycles. The van der Waals surface area contributed by atoms with Crippen LogP contribution in [0, 0.1) is 0 Å². The van der Waals surface area contributed by atoms with E-state index in [1.807, 2.05) is 6.07 Å². The van der Waals surface area contributed by atoms with Crippen molar-refractivity contribution in [1.29, 1.82) is 0 Å². The molecule has 1 aromatic rings. The van der Waals surface area contributed by atoms with Crippen molar-refractivity contribution < 1.29 is 9.84 Å². The second-order valence-corrected chi connectivity index (χ2v) is 5.87. The van der Waals surface area contributed by atoms with Crippen molar-refractivity contribution in [3.05, 3.63) is 23.2 Å². The SMILES string of the molecule is COc1ccc(NC(N)=NCC2(O)CCCCC2)cc1Cl.I. The lowest BCUT2D eigenvalue weighted by Gasteiger charge is -2.30. The average molecular weight is 440 g/mol. The topological polar surface area (TPSA) is 79.9 Å². The number of rotatable bonds is 4. The minimum absolute atomic E-state index is 0. The summed E-state index contributed by atoms with van der Waals surface area (Å²) >= 11 is 6.05. The molecule has 1 aromatic carbocycles. The smallest absolute Gasteiger partial charge is 0.193 e. The van der Waals surface area contributed by atoms with Crippen LogP contribution in [0.1, 0.15) is 32.1 Å². The number of nitrogens with one attached hydrogen (secondary N) is 1. The van der Waals surface area contributed by atoms with Gasteiger partial charge in [-0.25, -0.2) is 0 Å². The molecule has 5 nitrogen and oxygen atoms in total. The van der Waals surface area contributed by atoms with Crippen molar-refractivity contribution in [2.75, 3.05) is 19.0 Å².